The minimum absolute atomic E-state index is 0.141. The fourth-order valence-corrected chi connectivity index (χ4v) is 3.33. The van der Waals surface area contributed by atoms with Crippen LogP contribution in [-0.4, -0.2) is 35.4 Å². The highest BCUT2D eigenvalue weighted by atomic mass is 16.2. The molecule has 0 aliphatic carbocycles. The monoisotopic (exact) mass is 259 g/mol. The van der Waals surface area contributed by atoms with Gasteiger partial charge in [0.1, 0.15) is 5.41 Å². The molecule has 1 saturated heterocycles. The van der Waals surface area contributed by atoms with Crippen molar-refractivity contribution >= 4 is 11.6 Å². The van der Waals surface area contributed by atoms with Gasteiger partial charge in [0.15, 0.2) is 0 Å². The van der Waals surface area contributed by atoms with E-state index in [1.807, 2.05) is 12.1 Å². The molecule has 1 spiro atoms. The lowest BCUT2D eigenvalue weighted by Gasteiger charge is -2.38. The predicted molar refractivity (Wildman–Crippen MR) is 75.1 cm³/mol. The highest BCUT2D eigenvalue weighted by molar-refractivity contribution is 6.05. The number of unbranched alkanes of at least 4 members (excludes halogenated alkanes) is 1. The van der Waals surface area contributed by atoms with Crippen LogP contribution in [0.5, 0.6) is 0 Å². The van der Waals surface area contributed by atoms with Gasteiger partial charge in [-0.05, 0) is 44.5 Å². The molecule has 3 rings (SSSR count). The van der Waals surface area contributed by atoms with Crippen molar-refractivity contribution in [2.24, 2.45) is 0 Å². The van der Waals surface area contributed by atoms with Crippen molar-refractivity contribution < 1.29 is 4.79 Å². The van der Waals surface area contributed by atoms with Crippen LogP contribution in [0.3, 0.4) is 0 Å². The normalized spacial score (nSPS) is 26.5. The highest BCUT2D eigenvalue weighted by Crippen LogP contribution is 2.42. The van der Waals surface area contributed by atoms with Crippen molar-refractivity contribution in [3.63, 3.8) is 0 Å². The quantitative estimate of drug-likeness (QED) is 0.905. The average Bonchev–Trinajstić information content (AvgIpc) is 2.70. The number of likely N-dealkylation sites (tertiary alicyclic amines) is 1. The van der Waals surface area contributed by atoms with Crippen molar-refractivity contribution in [2.45, 2.75) is 38.0 Å². The summed E-state index contributed by atoms with van der Waals surface area (Å²) in [7, 11) is 0. The number of hydrogen-bond acceptors (Lipinski definition) is 3. The third-order valence-corrected chi connectivity index (χ3v) is 4.34. The summed E-state index contributed by atoms with van der Waals surface area (Å²) in [6, 6.07) is 3.84. The van der Waals surface area contributed by atoms with Gasteiger partial charge in [-0.3, -0.25) is 9.78 Å². The number of amides is 1. The molecule has 2 aliphatic heterocycles. The maximum Gasteiger partial charge on any atom is 0.238 e. The van der Waals surface area contributed by atoms with Crippen LogP contribution < -0.4 is 5.32 Å². The zero-order valence-corrected chi connectivity index (χ0v) is 11.5. The number of carbonyl (C=O) groups is 1. The van der Waals surface area contributed by atoms with E-state index >= 15 is 0 Å². The van der Waals surface area contributed by atoms with Crippen LogP contribution in [0.25, 0.3) is 0 Å². The molecule has 4 heteroatoms. The van der Waals surface area contributed by atoms with E-state index in [9.17, 15) is 4.79 Å². The van der Waals surface area contributed by atoms with Crippen molar-refractivity contribution in [3.05, 3.63) is 24.0 Å². The molecule has 1 unspecified atom stereocenters. The Morgan fingerprint density at radius 2 is 2.42 bits per heavy atom. The van der Waals surface area contributed by atoms with Gasteiger partial charge < -0.3 is 10.2 Å². The summed E-state index contributed by atoms with van der Waals surface area (Å²) in [6.07, 6.45) is 6.20. The average molecular weight is 259 g/mol. The minimum Gasteiger partial charge on any atom is -0.324 e. The standard InChI is InChI=1S/C15H21N3O/c1-2-3-9-18-10-5-7-15(11-18)13-12(17-14(15)19)6-4-8-16-13/h4,6,8H,2-3,5,7,9-11H2,1H3,(H,17,19). The first-order valence-corrected chi connectivity index (χ1v) is 7.25. The van der Waals surface area contributed by atoms with Gasteiger partial charge in [-0.2, -0.15) is 0 Å². The number of anilines is 1. The van der Waals surface area contributed by atoms with E-state index in [4.69, 9.17) is 0 Å². The second-order valence-corrected chi connectivity index (χ2v) is 5.67. The summed E-state index contributed by atoms with van der Waals surface area (Å²) >= 11 is 0. The third kappa shape index (κ3) is 2.04. The molecule has 1 aromatic heterocycles. The largest absolute Gasteiger partial charge is 0.324 e. The number of fused-ring (bicyclic) bond motifs is 2. The molecule has 3 heterocycles. The molecule has 1 fully saturated rings. The summed E-state index contributed by atoms with van der Waals surface area (Å²) in [6.45, 7) is 5.23. The first kappa shape index (κ1) is 12.6. The molecular formula is C15H21N3O. The van der Waals surface area contributed by atoms with E-state index < -0.39 is 5.41 Å². The van der Waals surface area contributed by atoms with Gasteiger partial charge >= 0.3 is 0 Å². The number of nitrogens with zero attached hydrogens (tertiary/aromatic N) is 2. The van der Waals surface area contributed by atoms with Crippen LogP contribution in [0.1, 0.15) is 38.3 Å². The molecule has 0 radical (unpaired) electrons. The summed E-state index contributed by atoms with van der Waals surface area (Å²) < 4.78 is 0. The van der Waals surface area contributed by atoms with E-state index in [0.717, 1.165) is 43.9 Å². The van der Waals surface area contributed by atoms with E-state index in [1.165, 1.54) is 12.8 Å². The summed E-state index contributed by atoms with van der Waals surface area (Å²) in [5.74, 6) is 0.141. The Hall–Kier alpha value is -1.42. The van der Waals surface area contributed by atoms with Gasteiger partial charge in [-0.1, -0.05) is 13.3 Å². The number of rotatable bonds is 3. The zero-order chi connectivity index (χ0) is 13.3. The third-order valence-electron chi connectivity index (χ3n) is 4.34. The highest BCUT2D eigenvalue weighted by Gasteiger charge is 2.50. The lowest BCUT2D eigenvalue weighted by molar-refractivity contribution is -0.123. The van der Waals surface area contributed by atoms with Crippen molar-refractivity contribution in [1.82, 2.24) is 9.88 Å². The fourth-order valence-electron chi connectivity index (χ4n) is 3.33. The van der Waals surface area contributed by atoms with Crippen molar-refractivity contribution in [2.75, 3.05) is 25.0 Å². The molecule has 1 atom stereocenters. The van der Waals surface area contributed by atoms with Crippen LogP contribution in [0.15, 0.2) is 18.3 Å². The summed E-state index contributed by atoms with van der Waals surface area (Å²) in [4.78, 5) is 19.4. The van der Waals surface area contributed by atoms with Crippen LogP contribution in [-0.2, 0) is 10.2 Å². The Bertz CT molecular complexity index is 488. The van der Waals surface area contributed by atoms with Gasteiger partial charge in [0, 0.05) is 12.7 Å². The fraction of sp³-hybridized carbons (Fsp3) is 0.600. The van der Waals surface area contributed by atoms with Crippen LogP contribution >= 0.6 is 0 Å². The Labute approximate surface area is 114 Å². The molecule has 102 valence electrons. The lowest BCUT2D eigenvalue weighted by atomic mass is 9.77. The van der Waals surface area contributed by atoms with E-state index in [1.54, 1.807) is 6.20 Å². The SMILES string of the molecule is CCCCN1CCCC2(C1)C(=O)Nc1cccnc12. The molecule has 0 saturated carbocycles. The number of aromatic nitrogens is 1. The number of piperidine rings is 1. The Balaban J connectivity index is 1.88. The Morgan fingerprint density at radius 1 is 1.53 bits per heavy atom. The second-order valence-electron chi connectivity index (χ2n) is 5.67. The van der Waals surface area contributed by atoms with Crippen molar-refractivity contribution in [1.29, 1.82) is 0 Å². The first-order chi connectivity index (χ1) is 9.26. The lowest BCUT2D eigenvalue weighted by Crippen LogP contribution is -2.50. The van der Waals surface area contributed by atoms with Gasteiger partial charge in [0.05, 0.1) is 11.4 Å². The van der Waals surface area contributed by atoms with E-state index in [-0.39, 0.29) is 5.91 Å². The zero-order valence-electron chi connectivity index (χ0n) is 11.5. The van der Waals surface area contributed by atoms with Gasteiger partial charge in [-0.25, -0.2) is 0 Å². The topological polar surface area (TPSA) is 45.2 Å². The summed E-state index contributed by atoms with van der Waals surface area (Å²) in [5.41, 5.74) is 1.47. The molecular weight excluding hydrogens is 238 g/mol. The van der Waals surface area contributed by atoms with Gasteiger partial charge in [0.25, 0.3) is 0 Å². The number of nitrogens with one attached hydrogen (secondary N) is 1. The molecule has 0 aromatic carbocycles. The van der Waals surface area contributed by atoms with E-state index in [0.29, 0.717) is 0 Å². The maximum absolute atomic E-state index is 12.4. The van der Waals surface area contributed by atoms with Crippen LogP contribution in [0.2, 0.25) is 0 Å². The maximum atomic E-state index is 12.4. The number of pyridine rings is 1. The number of hydrogen-bond donors (Lipinski definition) is 1. The molecule has 0 bridgehead atoms. The molecule has 2 aliphatic rings. The van der Waals surface area contributed by atoms with Gasteiger partial charge in [-0.15, -0.1) is 0 Å². The molecule has 1 aromatic rings. The Kier molecular flexibility index (Phi) is 3.27. The second kappa shape index (κ2) is 4.93. The molecule has 19 heavy (non-hydrogen) atoms. The molecule has 4 nitrogen and oxygen atoms in total. The first-order valence-electron chi connectivity index (χ1n) is 7.25. The van der Waals surface area contributed by atoms with E-state index in [2.05, 4.69) is 22.1 Å². The molecule has 1 N–H and O–H groups in total. The van der Waals surface area contributed by atoms with Crippen LogP contribution in [0, 0.1) is 0 Å². The predicted octanol–water partition coefficient (Wildman–Crippen LogP) is 2.17. The van der Waals surface area contributed by atoms with Gasteiger partial charge in [0.2, 0.25) is 5.91 Å². The smallest absolute Gasteiger partial charge is 0.238 e. The van der Waals surface area contributed by atoms with Crippen molar-refractivity contribution in [3.8, 4) is 0 Å². The minimum atomic E-state index is -0.400. The molecule has 1 amide bonds. The number of carbonyl (C=O) groups excluding carboxylic acids is 1. The van der Waals surface area contributed by atoms with Crippen LogP contribution in [0.4, 0.5) is 5.69 Å². The Morgan fingerprint density at radius 3 is 3.26 bits per heavy atom. The summed E-state index contributed by atoms with van der Waals surface area (Å²) in [5, 5.41) is 3.01.